The predicted molar refractivity (Wildman–Crippen MR) is 181 cm³/mol. The highest BCUT2D eigenvalue weighted by Gasteiger charge is 2.20. The van der Waals surface area contributed by atoms with Crippen molar-refractivity contribution in [3.05, 3.63) is 108 Å². The molecule has 0 fully saturated rings. The third-order valence-corrected chi connectivity index (χ3v) is 9.20. The molecule has 0 aliphatic carbocycles. The van der Waals surface area contributed by atoms with Gasteiger partial charge in [-0.05, 0) is 88.0 Å². The summed E-state index contributed by atoms with van der Waals surface area (Å²) in [6.45, 7) is 13.8. The zero-order chi connectivity index (χ0) is 28.3. The van der Waals surface area contributed by atoms with E-state index in [2.05, 4.69) is 144 Å². The summed E-state index contributed by atoms with van der Waals surface area (Å²) in [7, 11) is 0. The van der Waals surface area contributed by atoms with E-state index in [1.807, 2.05) is 0 Å². The van der Waals surface area contributed by atoms with Crippen LogP contribution in [0.4, 0.5) is 11.4 Å². The summed E-state index contributed by atoms with van der Waals surface area (Å²) in [5.41, 5.74) is 5.28. The summed E-state index contributed by atoms with van der Waals surface area (Å²) in [5.74, 6) is 0. The highest BCUT2D eigenvalue weighted by molar-refractivity contribution is 6.27. The average Bonchev–Trinajstić information content (AvgIpc) is 2.94. The molecule has 200 valence electrons. The van der Waals surface area contributed by atoms with Gasteiger partial charge in [-0.3, -0.25) is 0 Å². The Bertz CT molecular complexity index is 2090. The Labute approximate surface area is 241 Å². The van der Waals surface area contributed by atoms with Gasteiger partial charge in [0, 0.05) is 22.1 Å². The van der Waals surface area contributed by atoms with Crippen LogP contribution < -0.4 is 5.32 Å². The van der Waals surface area contributed by atoms with Crippen molar-refractivity contribution in [2.45, 2.75) is 52.4 Å². The van der Waals surface area contributed by atoms with Crippen LogP contribution in [0.5, 0.6) is 0 Å². The van der Waals surface area contributed by atoms with Crippen LogP contribution in [-0.2, 0) is 10.8 Å². The van der Waals surface area contributed by atoms with Crippen molar-refractivity contribution in [3.63, 3.8) is 0 Å². The molecule has 0 aromatic heterocycles. The van der Waals surface area contributed by atoms with Gasteiger partial charge in [-0.2, -0.15) is 0 Å². The fourth-order valence-electron chi connectivity index (χ4n) is 6.87. The Balaban J connectivity index is 1.33. The van der Waals surface area contributed by atoms with E-state index >= 15 is 0 Å². The van der Waals surface area contributed by atoms with Gasteiger partial charge in [0.2, 0.25) is 0 Å². The van der Waals surface area contributed by atoms with Gasteiger partial charge in [0.1, 0.15) is 0 Å². The maximum atomic E-state index is 3.88. The fraction of sp³-hybridized carbons (Fsp3) is 0.200. The smallest absolute Gasteiger partial charge is 0.0464 e. The number of hydrogen-bond donors (Lipinski definition) is 1. The molecule has 0 atom stereocenters. The molecule has 0 saturated heterocycles. The minimum absolute atomic E-state index is 0.112. The number of rotatable bonds is 2. The molecule has 0 saturated carbocycles. The second-order valence-electron chi connectivity index (χ2n) is 14.0. The first kappa shape index (κ1) is 24.4. The van der Waals surface area contributed by atoms with Crippen molar-refractivity contribution in [1.82, 2.24) is 0 Å². The minimum atomic E-state index is 0.112. The van der Waals surface area contributed by atoms with Gasteiger partial charge in [0.25, 0.3) is 0 Å². The van der Waals surface area contributed by atoms with Crippen LogP contribution >= 0.6 is 0 Å². The number of benzene rings is 8. The second-order valence-corrected chi connectivity index (χ2v) is 14.0. The average molecular weight is 530 g/mol. The van der Waals surface area contributed by atoms with E-state index in [0.29, 0.717) is 0 Å². The summed E-state index contributed by atoms with van der Waals surface area (Å²) in [4.78, 5) is 0. The summed E-state index contributed by atoms with van der Waals surface area (Å²) < 4.78 is 0. The monoisotopic (exact) mass is 529 g/mol. The van der Waals surface area contributed by atoms with Crippen LogP contribution in [0.2, 0.25) is 0 Å². The molecule has 41 heavy (non-hydrogen) atoms. The van der Waals surface area contributed by atoms with E-state index in [1.165, 1.54) is 75.8 Å². The topological polar surface area (TPSA) is 12.0 Å². The maximum absolute atomic E-state index is 3.88. The van der Waals surface area contributed by atoms with Crippen molar-refractivity contribution < 1.29 is 0 Å². The van der Waals surface area contributed by atoms with Crippen LogP contribution in [0.1, 0.15) is 52.7 Å². The Hall–Kier alpha value is -4.36. The molecule has 0 radical (unpaired) electrons. The fourth-order valence-corrected chi connectivity index (χ4v) is 6.87. The van der Waals surface area contributed by atoms with Gasteiger partial charge in [0.05, 0.1) is 0 Å². The summed E-state index contributed by atoms with van der Waals surface area (Å²) in [6, 6.07) is 36.9. The van der Waals surface area contributed by atoms with Gasteiger partial charge in [-0.15, -0.1) is 0 Å². The van der Waals surface area contributed by atoms with Crippen molar-refractivity contribution in [2.75, 3.05) is 5.32 Å². The highest BCUT2D eigenvalue weighted by Crippen LogP contribution is 2.43. The van der Waals surface area contributed by atoms with Gasteiger partial charge >= 0.3 is 0 Å². The SMILES string of the molecule is CC(C)(C)c1cc2ccc3ccc(Nc4ccc5ccc6cc(C(C)(C)C)cc7ccc4c5c67)c4ccc(c1)c2c34. The van der Waals surface area contributed by atoms with Crippen LogP contribution in [0.3, 0.4) is 0 Å². The number of anilines is 2. The van der Waals surface area contributed by atoms with E-state index in [1.54, 1.807) is 0 Å². The molecule has 0 unspecified atom stereocenters. The van der Waals surface area contributed by atoms with Gasteiger partial charge in [0.15, 0.2) is 0 Å². The molecule has 8 rings (SSSR count). The maximum Gasteiger partial charge on any atom is 0.0464 e. The summed E-state index contributed by atoms with van der Waals surface area (Å²) in [5, 5.41) is 19.7. The standard InChI is InChI=1S/C40H35N/c1-39(2,3)29-19-25-9-7-23-13-17-33(31-15-11-27(21-29)35(25)37(23)31)41-34-18-14-24-8-10-26-20-30(40(4,5)6)22-28-12-16-32(34)38(24)36(26)28/h7-22,41H,1-6H3. The molecule has 0 amide bonds. The van der Waals surface area contributed by atoms with Gasteiger partial charge < -0.3 is 5.32 Å². The molecule has 0 heterocycles. The van der Waals surface area contributed by atoms with Crippen molar-refractivity contribution in [3.8, 4) is 0 Å². The highest BCUT2D eigenvalue weighted by atomic mass is 14.9. The third-order valence-electron chi connectivity index (χ3n) is 9.20. The van der Waals surface area contributed by atoms with Crippen LogP contribution in [0, 0.1) is 0 Å². The number of nitrogens with one attached hydrogen (secondary N) is 1. The largest absolute Gasteiger partial charge is 0.355 e. The molecule has 8 aromatic carbocycles. The lowest BCUT2D eigenvalue weighted by atomic mass is 9.83. The molecule has 0 aliphatic heterocycles. The Kier molecular flexibility index (Phi) is 4.83. The van der Waals surface area contributed by atoms with Crippen LogP contribution in [0.15, 0.2) is 97.1 Å². The van der Waals surface area contributed by atoms with E-state index < -0.39 is 0 Å². The Morgan fingerprint density at radius 1 is 0.366 bits per heavy atom. The molecule has 0 bridgehead atoms. The zero-order valence-electron chi connectivity index (χ0n) is 24.7. The Morgan fingerprint density at radius 3 is 1.05 bits per heavy atom. The first-order chi connectivity index (χ1) is 19.6. The molecule has 0 aliphatic rings. The third kappa shape index (κ3) is 3.61. The summed E-state index contributed by atoms with van der Waals surface area (Å²) in [6.07, 6.45) is 0. The van der Waals surface area contributed by atoms with Crippen molar-refractivity contribution >= 4 is 76.0 Å². The Morgan fingerprint density at radius 2 is 0.683 bits per heavy atom. The quantitative estimate of drug-likeness (QED) is 0.220. The lowest BCUT2D eigenvalue weighted by molar-refractivity contribution is 0.591. The minimum Gasteiger partial charge on any atom is -0.355 e. The molecular weight excluding hydrogens is 494 g/mol. The van der Waals surface area contributed by atoms with E-state index in [9.17, 15) is 0 Å². The second kappa shape index (κ2) is 8.10. The molecule has 1 N–H and O–H groups in total. The van der Waals surface area contributed by atoms with Gasteiger partial charge in [-0.1, -0.05) is 126 Å². The van der Waals surface area contributed by atoms with Crippen molar-refractivity contribution in [1.29, 1.82) is 0 Å². The summed E-state index contributed by atoms with van der Waals surface area (Å²) >= 11 is 0. The molecule has 1 nitrogen and oxygen atoms in total. The molecular formula is C40H35N. The van der Waals surface area contributed by atoms with Crippen molar-refractivity contribution in [2.24, 2.45) is 0 Å². The normalized spacial score (nSPS) is 13.1. The van der Waals surface area contributed by atoms with E-state index in [4.69, 9.17) is 0 Å². The zero-order valence-corrected chi connectivity index (χ0v) is 24.7. The van der Waals surface area contributed by atoms with Crippen LogP contribution in [-0.4, -0.2) is 0 Å². The van der Waals surface area contributed by atoms with Gasteiger partial charge in [-0.25, -0.2) is 0 Å². The molecule has 0 spiro atoms. The number of hydrogen-bond acceptors (Lipinski definition) is 1. The first-order valence-electron chi connectivity index (χ1n) is 14.8. The van der Waals surface area contributed by atoms with Crippen LogP contribution in [0.25, 0.3) is 64.6 Å². The van der Waals surface area contributed by atoms with E-state index in [0.717, 1.165) is 11.4 Å². The predicted octanol–water partition coefficient (Wildman–Crippen LogP) is 11.8. The molecule has 1 heteroatoms. The van der Waals surface area contributed by atoms with E-state index in [-0.39, 0.29) is 10.8 Å². The molecule has 8 aromatic rings. The first-order valence-corrected chi connectivity index (χ1v) is 14.8. The lowest BCUT2D eigenvalue weighted by Gasteiger charge is -2.22. The lowest BCUT2D eigenvalue weighted by Crippen LogP contribution is -2.10.